The van der Waals surface area contributed by atoms with Crippen LogP contribution in [0, 0.1) is 12.8 Å². The number of amides is 4. The molecule has 2 aromatic carbocycles. The van der Waals surface area contributed by atoms with Crippen LogP contribution in [0.2, 0.25) is 0 Å². The summed E-state index contributed by atoms with van der Waals surface area (Å²) in [6.45, 7) is 7.32. The van der Waals surface area contributed by atoms with Crippen molar-refractivity contribution in [1.82, 2.24) is 10.6 Å². The number of anilines is 2. The molecule has 2 unspecified atom stereocenters. The Labute approximate surface area is 249 Å². The van der Waals surface area contributed by atoms with Crippen molar-refractivity contribution in [2.24, 2.45) is 5.92 Å². The smallest absolute Gasteiger partial charge is 0.326 e. The molecule has 0 aliphatic rings. The zero-order chi connectivity index (χ0) is 30.8. The third-order valence-corrected chi connectivity index (χ3v) is 7.64. The highest BCUT2D eigenvalue weighted by Crippen LogP contribution is 2.30. The lowest BCUT2D eigenvalue weighted by Gasteiger charge is -2.20. The van der Waals surface area contributed by atoms with E-state index in [9.17, 15) is 24.3 Å². The van der Waals surface area contributed by atoms with Gasteiger partial charge in [0.25, 0.3) is 0 Å². The molecule has 10 nitrogen and oxygen atoms in total. The summed E-state index contributed by atoms with van der Waals surface area (Å²) in [6, 6.07) is 14.7. The van der Waals surface area contributed by atoms with E-state index in [0.29, 0.717) is 35.0 Å². The molecule has 1 aromatic heterocycles. The van der Waals surface area contributed by atoms with Gasteiger partial charge in [0.2, 0.25) is 11.8 Å². The molecule has 0 saturated carbocycles. The van der Waals surface area contributed by atoms with E-state index >= 15 is 0 Å². The van der Waals surface area contributed by atoms with Crippen LogP contribution in [0.4, 0.5) is 16.2 Å². The largest absolute Gasteiger partial charge is 0.495 e. The van der Waals surface area contributed by atoms with Crippen LogP contribution in [-0.2, 0) is 27.2 Å². The molecule has 3 aromatic rings. The standard InChI is InChI=1S/C31H38N4O6S/c1-18(2)14-25(28-13-11-22(42-28)17-26(30(38)39)32-20(4)36)33-29(37)16-21-10-12-24(27(15-21)41-5)35-31(40)34-23-9-7-6-8-19(23)3/h6-13,15,18,25-26H,14,16-17H2,1-5H3,(H,32,36)(H,33,37)(H,38,39)(H2,34,35,40). The Hall–Kier alpha value is -4.38. The summed E-state index contributed by atoms with van der Waals surface area (Å²) in [5.74, 6) is -0.972. The Morgan fingerprint density at radius 3 is 2.31 bits per heavy atom. The van der Waals surface area contributed by atoms with E-state index < -0.39 is 23.9 Å². The molecule has 4 amide bonds. The molecule has 1 heterocycles. The predicted octanol–water partition coefficient (Wildman–Crippen LogP) is 5.29. The molecule has 11 heteroatoms. The van der Waals surface area contributed by atoms with Gasteiger partial charge in [-0.25, -0.2) is 9.59 Å². The lowest BCUT2D eigenvalue weighted by molar-refractivity contribution is -0.141. The van der Waals surface area contributed by atoms with Crippen molar-refractivity contribution in [3.8, 4) is 5.75 Å². The third kappa shape index (κ3) is 9.62. The number of carbonyl (C=O) groups excluding carboxylic acids is 3. The number of para-hydroxylation sites is 1. The van der Waals surface area contributed by atoms with Crippen molar-refractivity contribution < 1.29 is 29.0 Å². The van der Waals surface area contributed by atoms with Gasteiger partial charge in [-0.3, -0.25) is 9.59 Å². The number of aryl methyl sites for hydroxylation is 1. The molecule has 0 fully saturated rings. The topological polar surface area (TPSA) is 146 Å². The second-order valence-corrected chi connectivity index (χ2v) is 11.7. The van der Waals surface area contributed by atoms with Crippen molar-refractivity contribution in [2.45, 2.75) is 59.0 Å². The molecule has 224 valence electrons. The van der Waals surface area contributed by atoms with E-state index in [1.165, 1.54) is 25.4 Å². The average Bonchev–Trinajstić information content (AvgIpc) is 3.38. The fraction of sp³-hybridized carbons (Fsp3) is 0.355. The molecule has 0 bridgehead atoms. The first-order valence-corrected chi connectivity index (χ1v) is 14.4. The fourth-order valence-corrected chi connectivity index (χ4v) is 5.55. The Morgan fingerprint density at radius 2 is 1.67 bits per heavy atom. The van der Waals surface area contributed by atoms with Crippen LogP contribution in [0.3, 0.4) is 0 Å². The van der Waals surface area contributed by atoms with Gasteiger partial charge in [-0.1, -0.05) is 38.1 Å². The highest BCUT2D eigenvalue weighted by atomic mass is 32.1. The van der Waals surface area contributed by atoms with Crippen LogP contribution in [0.5, 0.6) is 5.75 Å². The molecule has 0 aliphatic heterocycles. The molecular formula is C31H38N4O6S. The van der Waals surface area contributed by atoms with Crippen molar-refractivity contribution in [3.05, 3.63) is 75.5 Å². The average molecular weight is 595 g/mol. The SMILES string of the molecule is COc1cc(CC(=O)NC(CC(C)C)c2ccc(CC(NC(C)=O)C(=O)O)s2)ccc1NC(=O)Nc1ccccc1C. The lowest BCUT2D eigenvalue weighted by Crippen LogP contribution is -2.40. The van der Waals surface area contributed by atoms with Crippen molar-refractivity contribution in [3.63, 3.8) is 0 Å². The molecule has 5 N–H and O–H groups in total. The number of aliphatic carboxylic acids is 1. The van der Waals surface area contributed by atoms with Crippen LogP contribution < -0.4 is 26.0 Å². The molecule has 0 radical (unpaired) electrons. The van der Waals surface area contributed by atoms with Crippen LogP contribution in [-0.4, -0.2) is 42.1 Å². The summed E-state index contributed by atoms with van der Waals surface area (Å²) in [5.41, 5.74) is 2.81. The monoisotopic (exact) mass is 594 g/mol. The molecule has 0 aliphatic carbocycles. The number of benzene rings is 2. The maximum absolute atomic E-state index is 13.1. The van der Waals surface area contributed by atoms with Crippen molar-refractivity contribution in [2.75, 3.05) is 17.7 Å². The summed E-state index contributed by atoms with van der Waals surface area (Å²) in [6.07, 6.45) is 0.954. The second kappa shape index (κ2) is 15.0. The highest BCUT2D eigenvalue weighted by molar-refractivity contribution is 7.12. The fourth-order valence-electron chi connectivity index (χ4n) is 4.42. The quantitative estimate of drug-likeness (QED) is 0.182. The molecular weight excluding hydrogens is 556 g/mol. The number of ether oxygens (including phenoxy) is 1. The Kier molecular flexibility index (Phi) is 11.5. The van der Waals surface area contributed by atoms with Gasteiger partial charge < -0.3 is 31.1 Å². The minimum atomic E-state index is -1.10. The zero-order valence-corrected chi connectivity index (χ0v) is 25.3. The van der Waals surface area contributed by atoms with Crippen LogP contribution in [0.15, 0.2) is 54.6 Å². The minimum absolute atomic E-state index is 0.0997. The van der Waals surface area contributed by atoms with Gasteiger partial charge in [0.05, 0.1) is 25.3 Å². The molecule has 3 rings (SSSR count). The number of carbonyl (C=O) groups is 4. The number of methoxy groups -OCH3 is 1. The van der Waals surface area contributed by atoms with Gasteiger partial charge in [-0.15, -0.1) is 11.3 Å². The van der Waals surface area contributed by atoms with Crippen LogP contribution >= 0.6 is 11.3 Å². The number of nitrogens with one attached hydrogen (secondary N) is 4. The maximum atomic E-state index is 13.1. The number of rotatable bonds is 13. The van der Waals surface area contributed by atoms with Crippen molar-refractivity contribution in [1.29, 1.82) is 0 Å². The van der Waals surface area contributed by atoms with Crippen LogP contribution in [0.1, 0.15) is 54.1 Å². The molecule has 2 atom stereocenters. The van der Waals surface area contributed by atoms with Crippen LogP contribution in [0.25, 0.3) is 0 Å². The molecule has 42 heavy (non-hydrogen) atoms. The number of carboxylic acid groups (broad SMARTS) is 1. The highest BCUT2D eigenvalue weighted by Gasteiger charge is 2.23. The summed E-state index contributed by atoms with van der Waals surface area (Å²) < 4.78 is 5.48. The Bertz CT molecular complexity index is 1420. The first kappa shape index (κ1) is 32.1. The molecule has 0 saturated heterocycles. The van der Waals surface area contributed by atoms with E-state index in [4.69, 9.17) is 4.74 Å². The predicted molar refractivity (Wildman–Crippen MR) is 164 cm³/mol. The normalized spacial score (nSPS) is 12.2. The van der Waals surface area contributed by atoms with E-state index in [0.717, 1.165) is 15.3 Å². The van der Waals surface area contributed by atoms with E-state index in [2.05, 4.69) is 35.1 Å². The maximum Gasteiger partial charge on any atom is 0.326 e. The number of hydrogen-bond donors (Lipinski definition) is 5. The number of hydrogen-bond acceptors (Lipinski definition) is 6. The van der Waals surface area contributed by atoms with E-state index in [1.54, 1.807) is 18.2 Å². The first-order valence-electron chi connectivity index (χ1n) is 13.6. The minimum Gasteiger partial charge on any atom is -0.495 e. The number of thiophene rings is 1. The molecule has 0 spiro atoms. The number of urea groups is 1. The summed E-state index contributed by atoms with van der Waals surface area (Å²) in [7, 11) is 1.50. The lowest BCUT2D eigenvalue weighted by atomic mass is 10.0. The van der Waals surface area contributed by atoms with E-state index in [-0.39, 0.29) is 24.8 Å². The Balaban J connectivity index is 1.67. The zero-order valence-electron chi connectivity index (χ0n) is 24.4. The summed E-state index contributed by atoms with van der Waals surface area (Å²) in [4.78, 5) is 50.3. The van der Waals surface area contributed by atoms with E-state index in [1.807, 2.05) is 43.3 Å². The number of carboxylic acids is 1. The third-order valence-electron chi connectivity index (χ3n) is 6.42. The Morgan fingerprint density at radius 1 is 0.952 bits per heavy atom. The summed E-state index contributed by atoms with van der Waals surface area (Å²) >= 11 is 1.42. The first-order chi connectivity index (χ1) is 19.9. The van der Waals surface area contributed by atoms with Crippen molar-refractivity contribution >= 4 is 46.5 Å². The van der Waals surface area contributed by atoms with Gasteiger partial charge in [0, 0.05) is 28.8 Å². The van der Waals surface area contributed by atoms with Gasteiger partial charge in [-0.05, 0) is 60.7 Å². The van der Waals surface area contributed by atoms with Gasteiger partial charge in [0.15, 0.2) is 0 Å². The summed E-state index contributed by atoms with van der Waals surface area (Å²) in [5, 5.41) is 20.6. The van der Waals surface area contributed by atoms with Gasteiger partial charge in [0.1, 0.15) is 11.8 Å². The van der Waals surface area contributed by atoms with Gasteiger partial charge >= 0.3 is 12.0 Å². The second-order valence-electron chi connectivity index (χ2n) is 10.5. The van der Waals surface area contributed by atoms with Gasteiger partial charge in [-0.2, -0.15) is 0 Å².